The van der Waals surface area contributed by atoms with Crippen molar-refractivity contribution in [2.45, 2.75) is 20.8 Å². The van der Waals surface area contributed by atoms with Crippen molar-refractivity contribution < 1.29 is 23.5 Å². The largest absolute Gasteiger partial charge is 0.452 e. The highest BCUT2D eigenvalue weighted by atomic mass is 16.5. The molecule has 0 amide bonds. The van der Waals surface area contributed by atoms with Gasteiger partial charge in [-0.3, -0.25) is 4.79 Å². The van der Waals surface area contributed by atoms with Gasteiger partial charge in [-0.15, -0.1) is 0 Å². The number of carbonyl (C=O) groups is 2. The minimum atomic E-state index is -0.617. The van der Waals surface area contributed by atoms with Gasteiger partial charge in [-0.2, -0.15) is 0 Å². The highest BCUT2D eigenvalue weighted by molar-refractivity contribution is 6.15. The molecule has 1 aliphatic rings. The van der Waals surface area contributed by atoms with Crippen LogP contribution in [0.2, 0.25) is 0 Å². The Hall–Kier alpha value is -4.32. The van der Waals surface area contributed by atoms with Gasteiger partial charge in [0.05, 0.1) is 5.56 Å². The van der Waals surface area contributed by atoms with E-state index in [1.807, 2.05) is 42.5 Å². The predicted octanol–water partition coefficient (Wildman–Crippen LogP) is 6.42. The van der Waals surface area contributed by atoms with E-state index < -0.39 is 5.97 Å². The van der Waals surface area contributed by atoms with E-state index >= 15 is 0 Å². The lowest BCUT2D eigenvalue weighted by Crippen LogP contribution is -2.21. The van der Waals surface area contributed by atoms with Crippen LogP contribution in [0.5, 0.6) is 11.5 Å². The summed E-state index contributed by atoms with van der Waals surface area (Å²) in [6, 6.07) is 20.2. The van der Waals surface area contributed by atoms with Gasteiger partial charge in [-0.1, -0.05) is 30.3 Å². The highest BCUT2D eigenvalue weighted by Crippen LogP contribution is 2.38. The van der Waals surface area contributed by atoms with Gasteiger partial charge in [0.25, 0.3) is 0 Å². The smallest absolute Gasteiger partial charge is 0.379 e. The first kappa shape index (κ1) is 22.5. The average molecular weight is 468 g/mol. The van der Waals surface area contributed by atoms with E-state index in [2.05, 4.69) is 18.7 Å². The highest BCUT2D eigenvalue weighted by Gasteiger charge is 2.30. The van der Waals surface area contributed by atoms with E-state index in [0.717, 1.165) is 29.7 Å². The van der Waals surface area contributed by atoms with Crippen molar-refractivity contribution in [1.29, 1.82) is 0 Å². The van der Waals surface area contributed by atoms with E-state index in [-0.39, 0.29) is 23.1 Å². The van der Waals surface area contributed by atoms with E-state index in [1.165, 1.54) is 0 Å². The van der Waals surface area contributed by atoms with Crippen molar-refractivity contribution in [2.75, 3.05) is 18.0 Å². The fraction of sp³-hybridized carbons (Fsp3) is 0.172. The molecule has 0 saturated carbocycles. The first-order valence-corrected chi connectivity index (χ1v) is 11.6. The maximum Gasteiger partial charge on any atom is 0.379 e. The summed E-state index contributed by atoms with van der Waals surface area (Å²) in [4.78, 5) is 27.9. The Labute approximate surface area is 203 Å². The van der Waals surface area contributed by atoms with Crippen LogP contribution in [0.1, 0.15) is 45.9 Å². The number of Topliss-reactive ketones (excluding diaryl/α,β-unsaturated/α-hetero) is 1. The molecule has 6 heteroatoms. The van der Waals surface area contributed by atoms with Crippen LogP contribution < -0.4 is 14.4 Å². The molecule has 1 aliphatic heterocycles. The molecular formula is C29H25NO5. The van der Waals surface area contributed by atoms with E-state index in [0.29, 0.717) is 22.5 Å². The summed E-state index contributed by atoms with van der Waals surface area (Å²) in [5.74, 6) is 0.182. The second kappa shape index (κ2) is 9.14. The summed E-state index contributed by atoms with van der Waals surface area (Å²) >= 11 is 0. The fourth-order valence-corrected chi connectivity index (χ4v) is 4.30. The van der Waals surface area contributed by atoms with Crippen LogP contribution in [0, 0.1) is 6.92 Å². The van der Waals surface area contributed by atoms with Gasteiger partial charge in [0.2, 0.25) is 11.5 Å². The van der Waals surface area contributed by atoms with Crippen LogP contribution in [-0.4, -0.2) is 24.8 Å². The molecule has 176 valence electrons. The average Bonchev–Trinajstić information content (AvgIpc) is 3.42. The summed E-state index contributed by atoms with van der Waals surface area (Å²) in [5.41, 5.74) is 3.75. The Morgan fingerprint density at radius 1 is 1.00 bits per heavy atom. The lowest BCUT2D eigenvalue weighted by molar-refractivity contribution is 0.0703. The van der Waals surface area contributed by atoms with Crippen molar-refractivity contribution in [3.63, 3.8) is 0 Å². The zero-order chi connectivity index (χ0) is 24.5. The molecule has 4 aromatic rings. The number of para-hydroxylation sites is 1. The molecule has 2 heterocycles. The number of furan rings is 1. The third kappa shape index (κ3) is 4.30. The molecule has 0 aliphatic carbocycles. The maximum absolute atomic E-state index is 13.0. The van der Waals surface area contributed by atoms with Crippen molar-refractivity contribution in [3.8, 4) is 11.5 Å². The van der Waals surface area contributed by atoms with Crippen molar-refractivity contribution >= 4 is 34.5 Å². The Bertz CT molecular complexity index is 1430. The lowest BCUT2D eigenvalue weighted by atomic mass is 10.0. The Morgan fingerprint density at radius 2 is 1.74 bits per heavy atom. The zero-order valence-electron chi connectivity index (χ0n) is 19.8. The molecule has 35 heavy (non-hydrogen) atoms. The summed E-state index contributed by atoms with van der Waals surface area (Å²) in [5, 5.41) is 0.818. The van der Waals surface area contributed by atoms with Crippen LogP contribution in [0.25, 0.3) is 17.0 Å². The topological polar surface area (TPSA) is 69.0 Å². The number of allylic oxidation sites excluding steroid dienone is 1. The van der Waals surface area contributed by atoms with E-state index in [1.54, 1.807) is 37.3 Å². The number of hydrogen-bond acceptors (Lipinski definition) is 6. The Morgan fingerprint density at radius 3 is 2.46 bits per heavy atom. The van der Waals surface area contributed by atoms with Gasteiger partial charge in [0, 0.05) is 30.2 Å². The molecule has 3 aromatic carbocycles. The standard InChI is InChI=1S/C29H25NO5/c1-4-30(5-2)21-12-10-19(11-13-21)15-25-28(31)27-18(3)14-22(17-24(27)35-25)33-29(32)26-16-20-8-6-7-9-23(20)34-26/h6-17H,4-5H2,1-3H3/b25-15-. The molecule has 0 radical (unpaired) electrons. The van der Waals surface area contributed by atoms with Gasteiger partial charge in [0.1, 0.15) is 17.1 Å². The molecule has 0 bridgehead atoms. The number of benzene rings is 3. The monoisotopic (exact) mass is 467 g/mol. The predicted molar refractivity (Wildman–Crippen MR) is 135 cm³/mol. The molecule has 0 fully saturated rings. The number of fused-ring (bicyclic) bond motifs is 2. The molecular weight excluding hydrogens is 442 g/mol. The second-order valence-electron chi connectivity index (χ2n) is 8.35. The van der Waals surface area contributed by atoms with Crippen LogP contribution >= 0.6 is 0 Å². The number of anilines is 1. The first-order valence-electron chi connectivity index (χ1n) is 11.6. The van der Waals surface area contributed by atoms with Crippen LogP contribution in [0.3, 0.4) is 0 Å². The third-order valence-electron chi connectivity index (χ3n) is 6.10. The van der Waals surface area contributed by atoms with Crippen LogP contribution in [0.15, 0.2) is 76.9 Å². The molecule has 5 rings (SSSR count). The second-order valence-corrected chi connectivity index (χ2v) is 8.35. The minimum absolute atomic E-state index is 0.107. The molecule has 0 saturated heterocycles. The number of aryl methyl sites for hydroxylation is 1. The summed E-state index contributed by atoms with van der Waals surface area (Å²) in [7, 11) is 0. The van der Waals surface area contributed by atoms with Crippen LogP contribution in [0.4, 0.5) is 5.69 Å². The maximum atomic E-state index is 13.0. The molecule has 0 unspecified atom stereocenters. The molecule has 0 spiro atoms. The number of ether oxygens (including phenoxy) is 2. The Balaban J connectivity index is 1.36. The third-order valence-corrected chi connectivity index (χ3v) is 6.10. The van der Waals surface area contributed by atoms with Gasteiger partial charge in [0.15, 0.2) is 5.76 Å². The summed E-state index contributed by atoms with van der Waals surface area (Å²) in [6.45, 7) is 7.88. The molecule has 6 nitrogen and oxygen atoms in total. The van der Waals surface area contributed by atoms with Crippen molar-refractivity contribution in [2.24, 2.45) is 0 Å². The minimum Gasteiger partial charge on any atom is -0.452 e. The zero-order valence-corrected chi connectivity index (χ0v) is 19.8. The van der Waals surface area contributed by atoms with Gasteiger partial charge >= 0.3 is 5.97 Å². The summed E-state index contributed by atoms with van der Waals surface area (Å²) < 4.78 is 17.0. The number of ketones is 1. The van der Waals surface area contributed by atoms with Crippen molar-refractivity contribution in [3.05, 3.63) is 94.9 Å². The molecule has 0 N–H and O–H groups in total. The number of esters is 1. The normalized spacial score (nSPS) is 13.7. The quantitative estimate of drug-likeness (QED) is 0.185. The van der Waals surface area contributed by atoms with Crippen molar-refractivity contribution in [1.82, 2.24) is 0 Å². The van der Waals surface area contributed by atoms with Gasteiger partial charge < -0.3 is 18.8 Å². The number of rotatable bonds is 6. The first-order chi connectivity index (χ1) is 17.0. The van der Waals surface area contributed by atoms with E-state index in [9.17, 15) is 9.59 Å². The summed E-state index contributed by atoms with van der Waals surface area (Å²) in [6.07, 6.45) is 1.73. The SMILES string of the molecule is CCN(CC)c1ccc(/C=C2\Oc3cc(OC(=O)c4cc5ccccc5o4)cc(C)c3C2=O)cc1. The van der Waals surface area contributed by atoms with Gasteiger partial charge in [-0.05, 0) is 68.3 Å². The Kier molecular flexibility index (Phi) is 5.87. The lowest BCUT2D eigenvalue weighted by Gasteiger charge is -2.20. The number of nitrogens with zero attached hydrogens (tertiary/aromatic N) is 1. The van der Waals surface area contributed by atoms with E-state index in [4.69, 9.17) is 13.9 Å². The van der Waals surface area contributed by atoms with Gasteiger partial charge in [-0.25, -0.2) is 4.79 Å². The molecule has 0 atom stereocenters. The fourth-order valence-electron chi connectivity index (χ4n) is 4.30. The van der Waals surface area contributed by atoms with Crippen LogP contribution in [-0.2, 0) is 0 Å². The molecule has 1 aromatic heterocycles. The number of carbonyl (C=O) groups excluding carboxylic acids is 2. The number of hydrogen-bond donors (Lipinski definition) is 0.